The Morgan fingerprint density at radius 1 is 1.26 bits per heavy atom. The molecule has 0 aliphatic carbocycles. The van der Waals surface area contributed by atoms with Crippen LogP contribution in [-0.2, 0) is 11.3 Å². The summed E-state index contributed by atoms with van der Waals surface area (Å²) in [6.45, 7) is 5.43. The Hall–Kier alpha value is -0.870. The Kier molecular flexibility index (Phi) is 6.52. The molecular weight excluding hydrogens is 304 g/mol. The van der Waals surface area contributed by atoms with Gasteiger partial charge >= 0.3 is 0 Å². The molecule has 3 N–H and O–H groups in total. The van der Waals surface area contributed by atoms with Gasteiger partial charge in [-0.15, -0.1) is 0 Å². The van der Waals surface area contributed by atoms with E-state index in [1.807, 2.05) is 26.0 Å². The third kappa shape index (κ3) is 6.21. The summed E-state index contributed by atoms with van der Waals surface area (Å²) in [6.07, 6.45) is 2.98. The molecule has 0 amide bonds. The molecule has 0 atom stereocenters. The predicted molar refractivity (Wildman–Crippen MR) is 83.3 cm³/mol. The fourth-order valence-corrected chi connectivity index (χ4v) is 1.94. The van der Waals surface area contributed by atoms with Crippen LogP contribution in [-0.4, -0.2) is 12.4 Å². The molecule has 0 radical (unpaired) electrons. The van der Waals surface area contributed by atoms with Crippen molar-refractivity contribution in [2.24, 2.45) is 11.1 Å². The van der Waals surface area contributed by atoms with Crippen LogP contribution in [0.25, 0.3) is 0 Å². The van der Waals surface area contributed by atoms with Crippen LogP contribution < -0.4 is 5.73 Å². The van der Waals surface area contributed by atoms with Gasteiger partial charge in [-0.05, 0) is 30.5 Å². The number of hydrogen-bond donors (Lipinski definition) is 2. The van der Waals surface area contributed by atoms with Gasteiger partial charge in [0.1, 0.15) is 0 Å². The van der Waals surface area contributed by atoms with E-state index in [0.717, 1.165) is 30.3 Å². The van der Waals surface area contributed by atoms with Crippen molar-refractivity contribution in [1.82, 2.24) is 0 Å². The number of amidine groups is 1. The van der Waals surface area contributed by atoms with Crippen molar-refractivity contribution in [3.63, 3.8) is 0 Å². The van der Waals surface area contributed by atoms with Gasteiger partial charge in [0.25, 0.3) is 0 Å². The third-order valence-electron chi connectivity index (χ3n) is 3.25. The van der Waals surface area contributed by atoms with E-state index >= 15 is 0 Å². The SMILES string of the molecule is CC(C)(CCCCOCc1ccc(Br)cc1)C(=N)N. The molecule has 0 aliphatic rings. The minimum Gasteiger partial charge on any atom is -0.387 e. The second-order valence-corrected chi connectivity index (χ2v) is 6.35. The van der Waals surface area contributed by atoms with E-state index in [-0.39, 0.29) is 11.3 Å². The molecule has 106 valence electrons. The van der Waals surface area contributed by atoms with Crippen LogP contribution >= 0.6 is 15.9 Å². The molecule has 3 nitrogen and oxygen atoms in total. The lowest BCUT2D eigenvalue weighted by molar-refractivity contribution is 0.115. The van der Waals surface area contributed by atoms with Crippen molar-refractivity contribution in [2.75, 3.05) is 6.61 Å². The van der Waals surface area contributed by atoms with Crippen molar-refractivity contribution in [1.29, 1.82) is 5.41 Å². The monoisotopic (exact) mass is 326 g/mol. The molecule has 1 rings (SSSR count). The zero-order chi connectivity index (χ0) is 14.3. The van der Waals surface area contributed by atoms with Gasteiger partial charge < -0.3 is 10.5 Å². The van der Waals surface area contributed by atoms with E-state index in [4.69, 9.17) is 15.9 Å². The van der Waals surface area contributed by atoms with Crippen molar-refractivity contribution in [2.45, 2.75) is 39.7 Å². The summed E-state index contributed by atoms with van der Waals surface area (Å²) < 4.78 is 6.72. The summed E-state index contributed by atoms with van der Waals surface area (Å²) in [5.41, 5.74) is 6.55. The highest BCUT2D eigenvalue weighted by Gasteiger charge is 2.20. The second kappa shape index (κ2) is 7.65. The highest BCUT2D eigenvalue weighted by atomic mass is 79.9. The van der Waals surface area contributed by atoms with Crippen LogP contribution in [0.2, 0.25) is 0 Å². The molecule has 0 saturated carbocycles. The Labute approximate surface area is 124 Å². The fraction of sp³-hybridized carbons (Fsp3) is 0.533. The van der Waals surface area contributed by atoms with Crippen LogP contribution in [0.3, 0.4) is 0 Å². The van der Waals surface area contributed by atoms with E-state index in [0.29, 0.717) is 6.61 Å². The molecule has 0 fully saturated rings. The fourth-order valence-electron chi connectivity index (χ4n) is 1.68. The predicted octanol–water partition coefficient (Wildman–Crippen LogP) is 4.10. The molecule has 0 saturated heterocycles. The molecule has 0 unspecified atom stereocenters. The number of benzene rings is 1. The Morgan fingerprint density at radius 3 is 2.47 bits per heavy atom. The number of rotatable bonds is 8. The highest BCUT2D eigenvalue weighted by molar-refractivity contribution is 9.10. The van der Waals surface area contributed by atoms with E-state index in [1.165, 1.54) is 5.56 Å². The molecule has 4 heteroatoms. The smallest absolute Gasteiger partial charge is 0.0963 e. The van der Waals surface area contributed by atoms with E-state index in [9.17, 15) is 0 Å². The van der Waals surface area contributed by atoms with E-state index in [1.54, 1.807) is 0 Å². The number of hydrogen-bond acceptors (Lipinski definition) is 2. The molecule has 0 aliphatic heterocycles. The summed E-state index contributed by atoms with van der Waals surface area (Å²) in [5.74, 6) is 0.267. The lowest BCUT2D eigenvalue weighted by atomic mass is 9.86. The second-order valence-electron chi connectivity index (χ2n) is 5.43. The summed E-state index contributed by atoms with van der Waals surface area (Å²) >= 11 is 3.41. The summed E-state index contributed by atoms with van der Waals surface area (Å²) in [7, 11) is 0. The van der Waals surface area contributed by atoms with Crippen LogP contribution in [0.15, 0.2) is 28.7 Å². The number of nitrogens with two attached hydrogens (primary N) is 1. The molecule has 0 heterocycles. The maximum atomic E-state index is 7.49. The van der Waals surface area contributed by atoms with Crippen molar-refractivity contribution in [3.8, 4) is 0 Å². The normalized spacial score (nSPS) is 11.5. The average Bonchev–Trinajstić information content (AvgIpc) is 2.35. The lowest BCUT2D eigenvalue weighted by Gasteiger charge is -2.22. The minimum atomic E-state index is -0.189. The summed E-state index contributed by atoms with van der Waals surface area (Å²) in [5, 5.41) is 7.49. The number of unbranched alkanes of at least 4 members (excludes halogenated alkanes) is 1. The largest absolute Gasteiger partial charge is 0.387 e. The average molecular weight is 327 g/mol. The molecule has 0 bridgehead atoms. The first-order valence-corrected chi connectivity index (χ1v) is 7.38. The topological polar surface area (TPSA) is 59.1 Å². The maximum Gasteiger partial charge on any atom is 0.0963 e. The van der Waals surface area contributed by atoms with Crippen LogP contribution in [0.1, 0.15) is 38.7 Å². The van der Waals surface area contributed by atoms with Gasteiger partial charge in [0, 0.05) is 16.5 Å². The van der Waals surface area contributed by atoms with Gasteiger partial charge in [-0.1, -0.05) is 48.3 Å². The summed E-state index contributed by atoms with van der Waals surface area (Å²) in [4.78, 5) is 0. The first-order chi connectivity index (χ1) is 8.92. The van der Waals surface area contributed by atoms with Crippen LogP contribution in [0.4, 0.5) is 0 Å². The Bertz CT molecular complexity index is 401. The maximum absolute atomic E-state index is 7.49. The molecule has 19 heavy (non-hydrogen) atoms. The minimum absolute atomic E-state index is 0.189. The molecule has 0 aromatic heterocycles. The van der Waals surface area contributed by atoms with Gasteiger partial charge in [-0.3, -0.25) is 5.41 Å². The third-order valence-corrected chi connectivity index (χ3v) is 3.78. The number of nitrogens with one attached hydrogen (secondary N) is 1. The van der Waals surface area contributed by atoms with Crippen LogP contribution in [0, 0.1) is 10.8 Å². The van der Waals surface area contributed by atoms with Crippen LogP contribution in [0.5, 0.6) is 0 Å². The zero-order valence-corrected chi connectivity index (χ0v) is 13.3. The van der Waals surface area contributed by atoms with E-state index < -0.39 is 0 Å². The number of ether oxygens (including phenoxy) is 1. The number of halogens is 1. The van der Waals surface area contributed by atoms with E-state index in [2.05, 4.69) is 28.1 Å². The van der Waals surface area contributed by atoms with Gasteiger partial charge in [0.05, 0.1) is 12.4 Å². The lowest BCUT2D eigenvalue weighted by Crippen LogP contribution is -2.30. The first kappa shape index (κ1) is 16.2. The van der Waals surface area contributed by atoms with Gasteiger partial charge in [0.15, 0.2) is 0 Å². The van der Waals surface area contributed by atoms with Gasteiger partial charge in [0.2, 0.25) is 0 Å². The molecule has 1 aromatic carbocycles. The Balaban J connectivity index is 2.12. The Morgan fingerprint density at radius 2 is 1.89 bits per heavy atom. The van der Waals surface area contributed by atoms with Crippen molar-refractivity contribution in [3.05, 3.63) is 34.3 Å². The molecule has 0 spiro atoms. The molecular formula is C15H23BrN2O. The van der Waals surface area contributed by atoms with Crippen molar-refractivity contribution >= 4 is 21.8 Å². The quantitative estimate of drug-likeness (QED) is 0.429. The summed E-state index contributed by atoms with van der Waals surface area (Å²) in [6, 6.07) is 8.16. The van der Waals surface area contributed by atoms with Gasteiger partial charge in [-0.2, -0.15) is 0 Å². The molecule has 1 aromatic rings. The zero-order valence-electron chi connectivity index (χ0n) is 11.7. The first-order valence-electron chi connectivity index (χ1n) is 6.58. The highest BCUT2D eigenvalue weighted by Crippen LogP contribution is 2.22. The van der Waals surface area contributed by atoms with Gasteiger partial charge in [-0.25, -0.2) is 0 Å². The standard InChI is InChI=1S/C15H23BrN2O/c1-15(2,14(17)18)9-3-4-10-19-11-12-5-7-13(16)8-6-12/h5-8H,3-4,9-11H2,1-2H3,(H3,17,18). The van der Waals surface area contributed by atoms with Crippen molar-refractivity contribution < 1.29 is 4.74 Å².